The number of halogens is 2. The molecule has 3 rings (SSSR count). The van der Waals surface area contributed by atoms with Gasteiger partial charge in [-0.05, 0) is 68.8 Å². The van der Waals surface area contributed by atoms with Crippen molar-refractivity contribution in [3.63, 3.8) is 0 Å². The van der Waals surface area contributed by atoms with E-state index >= 15 is 0 Å². The number of anilines is 1. The second kappa shape index (κ2) is 13.9. The number of ether oxygens (including phenoxy) is 1. The molecule has 0 fully saturated rings. The predicted molar refractivity (Wildman–Crippen MR) is 158 cm³/mol. The molecule has 214 valence electrons. The maximum atomic E-state index is 14.0. The fourth-order valence-electron chi connectivity index (χ4n) is 4.18. The van der Waals surface area contributed by atoms with Crippen molar-refractivity contribution in [1.29, 1.82) is 0 Å². The lowest BCUT2D eigenvalue weighted by molar-refractivity contribution is -0.140. The van der Waals surface area contributed by atoms with E-state index in [0.29, 0.717) is 27.9 Å². The van der Waals surface area contributed by atoms with Crippen molar-refractivity contribution in [2.24, 2.45) is 0 Å². The Morgan fingerprint density at radius 3 is 2.08 bits per heavy atom. The van der Waals surface area contributed by atoms with Crippen molar-refractivity contribution in [1.82, 2.24) is 10.2 Å². The first-order chi connectivity index (χ1) is 19.0. The normalized spacial score (nSPS) is 11.9. The highest BCUT2D eigenvalue weighted by Crippen LogP contribution is 2.29. The minimum Gasteiger partial charge on any atom is -0.497 e. The number of nitrogens with zero attached hydrogens (tertiary/aromatic N) is 2. The maximum absolute atomic E-state index is 14.0. The number of rotatable bonds is 12. The average molecular weight is 607 g/mol. The second-order valence-electron chi connectivity index (χ2n) is 9.06. The minimum absolute atomic E-state index is 0.0261. The van der Waals surface area contributed by atoms with E-state index in [9.17, 15) is 18.0 Å². The Kier molecular flexibility index (Phi) is 10.8. The fraction of sp³-hybridized carbons (Fsp3) is 0.310. The van der Waals surface area contributed by atoms with Crippen molar-refractivity contribution in [3.05, 3.63) is 87.9 Å². The summed E-state index contributed by atoms with van der Waals surface area (Å²) in [4.78, 5) is 28.4. The van der Waals surface area contributed by atoms with Gasteiger partial charge < -0.3 is 15.0 Å². The van der Waals surface area contributed by atoms with Crippen LogP contribution in [0, 0.1) is 6.92 Å². The topological polar surface area (TPSA) is 96.0 Å². The summed E-state index contributed by atoms with van der Waals surface area (Å²) < 4.78 is 34.1. The van der Waals surface area contributed by atoms with Crippen LogP contribution in [0.2, 0.25) is 10.0 Å². The van der Waals surface area contributed by atoms with Crippen LogP contribution in [-0.2, 0) is 26.2 Å². The second-order valence-corrected chi connectivity index (χ2v) is 11.7. The molecule has 40 heavy (non-hydrogen) atoms. The number of hydrogen-bond donors (Lipinski definition) is 1. The fourth-order valence-corrected chi connectivity index (χ4v) is 6.11. The number of nitrogens with one attached hydrogen (secondary N) is 1. The first-order valence-electron chi connectivity index (χ1n) is 12.8. The van der Waals surface area contributed by atoms with E-state index < -0.39 is 28.5 Å². The summed E-state index contributed by atoms with van der Waals surface area (Å²) in [5.74, 6) is -0.431. The zero-order valence-electron chi connectivity index (χ0n) is 22.9. The number of sulfonamides is 1. The van der Waals surface area contributed by atoms with Gasteiger partial charge in [-0.2, -0.15) is 0 Å². The molecule has 0 heterocycles. The van der Waals surface area contributed by atoms with Gasteiger partial charge in [0.1, 0.15) is 18.3 Å². The highest BCUT2D eigenvalue weighted by molar-refractivity contribution is 7.92. The lowest BCUT2D eigenvalue weighted by atomic mass is 10.1. The molecule has 0 saturated heterocycles. The molecule has 0 bridgehead atoms. The van der Waals surface area contributed by atoms with Crippen molar-refractivity contribution in [3.8, 4) is 5.75 Å². The molecule has 1 N–H and O–H groups in total. The maximum Gasteiger partial charge on any atom is 0.264 e. The molecule has 0 aliphatic heterocycles. The molecule has 0 saturated carbocycles. The van der Waals surface area contributed by atoms with Gasteiger partial charge in [-0.25, -0.2) is 8.42 Å². The van der Waals surface area contributed by atoms with Gasteiger partial charge in [-0.3, -0.25) is 13.9 Å². The zero-order chi connectivity index (χ0) is 29.4. The Morgan fingerprint density at radius 2 is 1.55 bits per heavy atom. The van der Waals surface area contributed by atoms with Crippen LogP contribution in [0.25, 0.3) is 0 Å². The van der Waals surface area contributed by atoms with Crippen molar-refractivity contribution >= 4 is 50.7 Å². The van der Waals surface area contributed by atoms with Gasteiger partial charge in [0.25, 0.3) is 10.0 Å². The molecule has 11 heteroatoms. The third kappa shape index (κ3) is 7.27. The lowest BCUT2D eigenvalue weighted by Crippen LogP contribution is -2.52. The van der Waals surface area contributed by atoms with Crippen LogP contribution >= 0.6 is 23.2 Å². The van der Waals surface area contributed by atoms with E-state index in [1.54, 1.807) is 68.4 Å². The smallest absolute Gasteiger partial charge is 0.264 e. The number of likely N-dealkylation sites (N-methyl/N-ethyl adjacent to an activating group) is 1. The Morgan fingerprint density at radius 1 is 0.950 bits per heavy atom. The molecule has 2 amide bonds. The van der Waals surface area contributed by atoms with Crippen LogP contribution in [0.15, 0.2) is 71.6 Å². The summed E-state index contributed by atoms with van der Waals surface area (Å²) in [5, 5.41) is 3.42. The Balaban J connectivity index is 2.10. The van der Waals surface area contributed by atoms with Crippen LogP contribution in [0.4, 0.5) is 5.69 Å². The Labute approximate surface area is 245 Å². The molecule has 0 aromatic heterocycles. The van der Waals surface area contributed by atoms with E-state index in [1.807, 2.05) is 6.92 Å². The van der Waals surface area contributed by atoms with Gasteiger partial charge in [-0.15, -0.1) is 0 Å². The molecule has 0 spiro atoms. The van der Waals surface area contributed by atoms with Gasteiger partial charge in [0.05, 0.1) is 17.7 Å². The van der Waals surface area contributed by atoms with E-state index in [2.05, 4.69) is 5.32 Å². The molecule has 0 radical (unpaired) electrons. The quantitative estimate of drug-likeness (QED) is 0.296. The minimum atomic E-state index is -4.18. The van der Waals surface area contributed by atoms with Gasteiger partial charge in [0.15, 0.2) is 0 Å². The molecule has 1 atom stereocenters. The molecular weight excluding hydrogens is 573 g/mol. The first kappa shape index (κ1) is 31.3. The highest BCUT2D eigenvalue weighted by Gasteiger charge is 2.34. The molecule has 8 nitrogen and oxygen atoms in total. The SMILES string of the molecule is CCNC(=O)[C@H](CC)N(Cc1c(Cl)cccc1Cl)C(=O)CN(c1ccc(OC)cc1)S(=O)(=O)c1ccc(C)cc1. The lowest BCUT2D eigenvalue weighted by Gasteiger charge is -2.33. The third-order valence-electron chi connectivity index (χ3n) is 6.38. The van der Waals surface area contributed by atoms with Gasteiger partial charge in [-0.1, -0.05) is 53.9 Å². The number of hydrogen-bond acceptors (Lipinski definition) is 5. The summed E-state index contributed by atoms with van der Waals surface area (Å²) in [6, 6.07) is 16.8. The van der Waals surface area contributed by atoms with Crippen LogP contribution < -0.4 is 14.4 Å². The van der Waals surface area contributed by atoms with Crippen LogP contribution in [0.3, 0.4) is 0 Å². The summed E-state index contributed by atoms with van der Waals surface area (Å²) in [7, 11) is -2.68. The highest BCUT2D eigenvalue weighted by atomic mass is 35.5. The first-order valence-corrected chi connectivity index (χ1v) is 15.0. The average Bonchev–Trinajstić information content (AvgIpc) is 2.93. The number of methoxy groups -OCH3 is 1. The summed E-state index contributed by atoms with van der Waals surface area (Å²) in [6.07, 6.45) is 0.285. The standard InChI is InChI=1S/C29H33Cl2N3O5S/c1-5-27(29(36)32-6-2)33(18-24-25(30)8-7-9-26(24)31)28(35)19-34(21-12-14-22(39-4)15-13-21)40(37,38)23-16-10-20(3)11-17-23/h7-17,27H,5-6,18-19H2,1-4H3,(H,32,36)/t27-/m0/s1. The molecular formula is C29H33Cl2N3O5S. The van der Waals surface area contributed by atoms with Crippen LogP contribution in [0.1, 0.15) is 31.4 Å². The van der Waals surface area contributed by atoms with Crippen molar-refractivity contribution in [2.45, 2.75) is 44.7 Å². The molecule has 3 aromatic carbocycles. The number of carbonyl (C=O) groups is 2. The summed E-state index contributed by atoms with van der Waals surface area (Å²) in [5.41, 5.74) is 1.61. The zero-order valence-corrected chi connectivity index (χ0v) is 25.2. The monoisotopic (exact) mass is 605 g/mol. The van der Waals surface area contributed by atoms with E-state index in [-0.39, 0.29) is 29.5 Å². The number of amides is 2. The Hall–Kier alpha value is -3.27. The van der Waals surface area contributed by atoms with Crippen molar-refractivity contribution < 1.29 is 22.7 Å². The molecule has 0 aliphatic rings. The molecule has 0 unspecified atom stereocenters. The molecule has 0 aliphatic carbocycles. The van der Waals surface area contributed by atoms with Crippen LogP contribution in [0.5, 0.6) is 5.75 Å². The van der Waals surface area contributed by atoms with Gasteiger partial charge in [0.2, 0.25) is 11.8 Å². The van der Waals surface area contributed by atoms with Gasteiger partial charge in [0, 0.05) is 28.7 Å². The molecule has 3 aromatic rings. The number of aryl methyl sites for hydroxylation is 1. The van der Waals surface area contributed by atoms with Crippen molar-refractivity contribution in [2.75, 3.05) is 24.5 Å². The number of carbonyl (C=O) groups excluding carboxylic acids is 2. The van der Waals surface area contributed by atoms with Gasteiger partial charge >= 0.3 is 0 Å². The summed E-state index contributed by atoms with van der Waals surface area (Å²) in [6.45, 7) is 5.11. The van der Waals surface area contributed by atoms with E-state index in [1.165, 1.54) is 24.1 Å². The van der Waals surface area contributed by atoms with E-state index in [4.69, 9.17) is 27.9 Å². The van der Waals surface area contributed by atoms with E-state index in [0.717, 1.165) is 9.87 Å². The number of benzene rings is 3. The Bertz CT molecular complexity index is 1410. The third-order valence-corrected chi connectivity index (χ3v) is 8.87. The largest absolute Gasteiger partial charge is 0.497 e. The summed E-state index contributed by atoms with van der Waals surface area (Å²) >= 11 is 12.8. The van der Waals surface area contributed by atoms with Crippen LogP contribution in [-0.4, -0.2) is 51.4 Å². The predicted octanol–water partition coefficient (Wildman–Crippen LogP) is 5.45.